The van der Waals surface area contributed by atoms with Gasteiger partial charge in [0, 0.05) is 23.6 Å². The molecule has 1 aromatic heterocycles. The second-order valence-corrected chi connectivity index (χ2v) is 7.47. The zero-order chi connectivity index (χ0) is 22.9. The first-order chi connectivity index (χ1) is 16.1. The number of Topliss-reactive ketones (excluding diaryl/α,β-unsaturated/α-hetero) is 1. The van der Waals surface area contributed by atoms with Gasteiger partial charge >= 0.3 is 0 Å². The number of amides is 1. The number of ether oxygens (including phenoxy) is 2. The molecule has 2 aliphatic rings. The summed E-state index contributed by atoms with van der Waals surface area (Å²) in [5.74, 6) is -0.911. The Morgan fingerprint density at radius 2 is 1.70 bits per heavy atom. The molecule has 1 N–H and O–H groups in total. The van der Waals surface area contributed by atoms with Crippen LogP contribution in [0.3, 0.4) is 0 Å². The quantitative estimate of drug-likeness (QED) is 0.378. The smallest absolute Gasteiger partial charge is 0.300 e. The van der Waals surface area contributed by atoms with E-state index >= 15 is 0 Å². The average Bonchev–Trinajstić information content (AvgIpc) is 3.14. The third-order valence-corrected chi connectivity index (χ3v) is 5.56. The highest BCUT2D eigenvalue weighted by Crippen LogP contribution is 2.43. The molecule has 2 aliphatic heterocycles. The maximum absolute atomic E-state index is 13.2. The van der Waals surface area contributed by atoms with Gasteiger partial charge in [0.1, 0.15) is 19.0 Å². The highest BCUT2D eigenvalue weighted by atomic mass is 16.6. The Hall–Kier alpha value is -4.64. The number of benzene rings is 2. The van der Waals surface area contributed by atoms with Crippen LogP contribution < -0.4 is 14.4 Å². The normalized spacial score (nSPS) is 18.8. The minimum atomic E-state index is -0.880. The molecule has 1 fully saturated rings. The molecule has 0 bridgehead atoms. The van der Waals surface area contributed by atoms with E-state index in [2.05, 4.69) is 4.98 Å². The molecule has 8 heteroatoms. The van der Waals surface area contributed by atoms with Crippen molar-refractivity contribution in [3.63, 3.8) is 0 Å². The standard InChI is InChI=1S/C25H17N3O5/c26-14-15-1-4-18(5-2-15)28-22(16-7-9-27-10-8-16)21(24(30)25(28)31)23(29)17-3-6-19-20(13-17)33-12-11-32-19/h1-10,13,22,29H,11-12H2/b23-21-. The molecular formula is C25H17N3O5. The second kappa shape index (κ2) is 8.13. The van der Waals surface area contributed by atoms with Crippen LogP contribution in [0.25, 0.3) is 5.76 Å². The summed E-state index contributed by atoms with van der Waals surface area (Å²) in [6, 6.07) is 15.7. The third-order valence-electron chi connectivity index (χ3n) is 5.56. The molecule has 1 amide bonds. The van der Waals surface area contributed by atoms with Crippen LogP contribution in [0.5, 0.6) is 11.5 Å². The van der Waals surface area contributed by atoms with Crippen LogP contribution in [0, 0.1) is 11.3 Å². The van der Waals surface area contributed by atoms with E-state index in [1.165, 1.54) is 4.90 Å². The van der Waals surface area contributed by atoms with Gasteiger partial charge in [-0.2, -0.15) is 5.26 Å². The molecule has 0 aliphatic carbocycles. The van der Waals surface area contributed by atoms with Crippen LogP contribution in [-0.2, 0) is 9.59 Å². The molecule has 1 atom stereocenters. The van der Waals surface area contributed by atoms with E-state index < -0.39 is 17.7 Å². The van der Waals surface area contributed by atoms with Crippen LogP contribution in [-0.4, -0.2) is 35.0 Å². The molecule has 3 heterocycles. The van der Waals surface area contributed by atoms with E-state index in [4.69, 9.17) is 14.7 Å². The Bertz CT molecular complexity index is 1330. The number of aliphatic hydroxyl groups is 1. The summed E-state index contributed by atoms with van der Waals surface area (Å²) >= 11 is 0. The largest absolute Gasteiger partial charge is 0.507 e. The fraction of sp³-hybridized carbons (Fsp3) is 0.120. The van der Waals surface area contributed by atoms with Crippen LogP contribution in [0.2, 0.25) is 0 Å². The number of carbonyl (C=O) groups excluding carboxylic acids is 2. The lowest BCUT2D eigenvalue weighted by Crippen LogP contribution is -2.29. The van der Waals surface area contributed by atoms with Gasteiger partial charge in [0.25, 0.3) is 11.7 Å². The van der Waals surface area contributed by atoms with Gasteiger partial charge in [0.05, 0.1) is 23.2 Å². The average molecular weight is 439 g/mol. The van der Waals surface area contributed by atoms with Gasteiger partial charge in [-0.1, -0.05) is 0 Å². The SMILES string of the molecule is N#Cc1ccc(N2C(=O)C(=O)/C(=C(\O)c3ccc4c(c3)OCCO4)C2c2ccncc2)cc1. The number of hydrogen-bond donors (Lipinski definition) is 1. The fourth-order valence-electron chi connectivity index (χ4n) is 4.00. The summed E-state index contributed by atoms with van der Waals surface area (Å²) in [5, 5.41) is 20.3. The van der Waals surface area contributed by atoms with E-state index in [1.807, 2.05) is 6.07 Å². The summed E-state index contributed by atoms with van der Waals surface area (Å²) in [4.78, 5) is 31.6. The lowest BCUT2D eigenvalue weighted by molar-refractivity contribution is -0.132. The van der Waals surface area contributed by atoms with Crippen LogP contribution in [0.1, 0.15) is 22.7 Å². The topological polar surface area (TPSA) is 113 Å². The molecule has 1 unspecified atom stereocenters. The molecule has 2 aromatic carbocycles. The number of carbonyl (C=O) groups is 2. The summed E-state index contributed by atoms with van der Waals surface area (Å²) in [6.45, 7) is 0.799. The number of aromatic nitrogens is 1. The Labute approximate surface area is 188 Å². The lowest BCUT2D eigenvalue weighted by atomic mass is 9.95. The van der Waals surface area contributed by atoms with Gasteiger partial charge in [-0.05, 0) is 60.2 Å². The third kappa shape index (κ3) is 3.46. The maximum Gasteiger partial charge on any atom is 0.300 e. The number of rotatable bonds is 3. The van der Waals surface area contributed by atoms with E-state index in [9.17, 15) is 14.7 Å². The molecule has 1 saturated heterocycles. The highest BCUT2D eigenvalue weighted by Gasteiger charge is 2.47. The molecule has 162 valence electrons. The van der Waals surface area contributed by atoms with Gasteiger partial charge in [-0.15, -0.1) is 0 Å². The first-order valence-electron chi connectivity index (χ1n) is 10.2. The molecule has 3 aromatic rings. The number of nitriles is 1. The summed E-state index contributed by atoms with van der Waals surface area (Å²) in [6.07, 6.45) is 3.11. The zero-order valence-corrected chi connectivity index (χ0v) is 17.3. The second-order valence-electron chi connectivity index (χ2n) is 7.47. The predicted octanol–water partition coefficient (Wildman–Crippen LogP) is 3.35. The molecule has 33 heavy (non-hydrogen) atoms. The minimum Gasteiger partial charge on any atom is -0.507 e. The summed E-state index contributed by atoms with van der Waals surface area (Å²) in [7, 11) is 0. The first kappa shape index (κ1) is 20.3. The fourth-order valence-corrected chi connectivity index (χ4v) is 4.00. The maximum atomic E-state index is 13.2. The number of pyridine rings is 1. The van der Waals surface area contributed by atoms with Crippen molar-refractivity contribution in [2.75, 3.05) is 18.1 Å². The van der Waals surface area contributed by atoms with Crippen molar-refractivity contribution in [1.82, 2.24) is 4.98 Å². The van der Waals surface area contributed by atoms with Crippen molar-refractivity contribution >= 4 is 23.1 Å². The Morgan fingerprint density at radius 3 is 2.39 bits per heavy atom. The highest BCUT2D eigenvalue weighted by molar-refractivity contribution is 6.51. The number of aliphatic hydroxyl groups excluding tert-OH is 1. The van der Waals surface area contributed by atoms with E-state index in [0.29, 0.717) is 47.1 Å². The van der Waals surface area contributed by atoms with Gasteiger partial charge in [0.15, 0.2) is 11.5 Å². The van der Waals surface area contributed by atoms with Gasteiger partial charge in [0.2, 0.25) is 0 Å². The Balaban J connectivity index is 1.67. The predicted molar refractivity (Wildman–Crippen MR) is 118 cm³/mol. The molecule has 8 nitrogen and oxygen atoms in total. The van der Waals surface area contributed by atoms with E-state index in [-0.39, 0.29) is 11.3 Å². The molecule has 0 radical (unpaired) electrons. The number of ketones is 1. The van der Waals surface area contributed by atoms with E-state index in [1.54, 1.807) is 67.0 Å². The molecule has 0 saturated carbocycles. The van der Waals surface area contributed by atoms with Gasteiger partial charge in [-0.3, -0.25) is 19.5 Å². The summed E-state index contributed by atoms with van der Waals surface area (Å²) in [5.41, 5.74) is 1.74. The van der Waals surface area contributed by atoms with Crippen molar-refractivity contribution in [3.8, 4) is 17.6 Å². The monoisotopic (exact) mass is 439 g/mol. The van der Waals surface area contributed by atoms with Gasteiger partial charge < -0.3 is 14.6 Å². The van der Waals surface area contributed by atoms with Crippen molar-refractivity contribution in [3.05, 3.63) is 89.3 Å². The molecule has 0 spiro atoms. The summed E-state index contributed by atoms with van der Waals surface area (Å²) < 4.78 is 11.1. The first-order valence-corrected chi connectivity index (χ1v) is 10.2. The minimum absolute atomic E-state index is 0.0489. The van der Waals surface area contributed by atoms with Crippen molar-refractivity contribution in [2.24, 2.45) is 0 Å². The van der Waals surface area contributed by atoms with E-state index in [0.717, 1.165) is 0 Å². The van der Waals surface area contributed by atoms with Crippen molar-refractivity contribution in [1.29, 1.82) is 5.26 Å². The molecular weight excluding hydrogens is 422 g/mol. The van der Waals surface area contributed by atoms with Gasteiger partial charge in [-0.25, -0.2) is 0 Å². The van der Waals surface area contributed by atoms with Crippen LogP contribution >= 0.6 is 0 Å². The van der Waals surface area contributed by atoms with Crippen molar-refractivity contribution in [2.45, 2.75) is 6.04 Å². The Kier molecular flexibility index (Phi) is 4.99. The Morgan fingerprint density at radius 1 is 1.00 bits per heavy atom. The number of hydrogen-bond acceptors (Lipinski definition) is 7. The number of anilines is 1. The van der Waals surface area contributed by atoms with Crippen molar-refractivity contribution < 1.29 is 24.2 Å². The van der Waals surface area contributed by atoms with Crippen LogP contribution in [0.4, 0.5) is 5.69 Å². The number of fused-ring (bicyclic) bond motifs is 1. The zero-order valence-electron chi connectivity index (χ0n) is 17.3. The molecule has 5 rings (SSSR count). The van der Waals surface area contributed by atoms with Crippen LogP contribution in [0.15, 0.2) is 72.6 Å². The number of nitrogens with zero attached hydrogens (tertiary/aromatic N) is 3. The lowest BCUT2D eigenvalue weighted by Gasteiger charge is -2.25.